The second-order valence-electron chi connectivity index (χ2n) is 3.68. The predicted octanol–water partition coefficient (Wildman–Crippen LogP) is 1.61. The molecular formula is C11H14N2O2. The van der Waals surface area contributed by atoms with Gasteiger partial charge in [0.2, 0.25) is 5.78 Å². The van der Waals surface area contributed by atoms with Crippen molar-refractivity contribution in [3.8, 4) is 0 Å². The number of allylic oxidation sites excluding steroid dienone is 2. The summed E-state index contributed by atoms with van der Waals surface area (Å²) >= 11 is 0. The fraction of sp³-hybridized carbons (Fsp3) is 0.455. The number of nitrogens with zero attached hydrogens (tertiary/aromatic N) is 2. The topological polar surface area (TPSA) is 44.1 Å². The van der Waals surface area contributed by atoms with Crippen molar-refractivity contribution < 1.29 is 9.53 Å². The first-order valence-electron chi connectivity index (χ1n) is 5.07. The molecule has 0 atom stereocenters. The molecule has 1 aromatic heterocycles. The maximum Gasteiger partial charge on any atom is 0.247 e. The van der Waals surface area contributed by atoms with Gasteiger partial charge in [-0.15, -0.1) is 0 Å². The Morgan fingerprint density at radius 2 is 2.40 bits per heavy atom. The molecule has 2 heterocycles. The Morgan fingerprint density at radius 3 is 2.93 bits per heavy atom. The normalized spacial score (nSPS) is 15.7. The smallest absolute Gasteiger partial charge is 0.247 e. The lowest BCUT2D eigenvalue weighted by molar-refractivity contribution is 0.0893. The summed E-state index contributed by atoms with van der Waals surface area (Å²) in [7, 11) is 1.82. The van der Waals surface area contributed by atoms with Crippen molar-refractivity contribution in [2.45, 2.75) is 19.8 Å². The lowest BCUT2D eigenvalue weighted by atomic mass is 10.1. The Balaban J connectivity index is 2.23. The van der Waals surface area contributed by atoms with Crippen molar-refractivity contribution in [2.75, 3.05) is 6.61 Å². The van der Waals surface area contributed by atoms with Crippen LogP contribution in [0, 0.1) is 6.92 Å². The van der Waals surface area contributed by atoms with Crippen molar-refractivity contribution in [2.24, 2.45) is 7.05 Å². The molecule has 1 aliphatic rings. The molecule has 0 aliphatic carbocycles. The average molecular weight is 206 g/mol. The van der Waals surface area contributed by atoms with Gasteiger partial charge in [-0.1, -0.05) is 0 Å². The SMILES string of the molecule is Cc1cc(C(=O)C2=CCCCO2)nn1C. The Hall–Kier alpha value is -1.58. The van der Waals surface area contributed by atoms with Crippen molar-refractivity contribution in [1.29, 1.82) is 0 Å². The Kier molecular flexibility index (Phi) is 2.58. The Labute approximate surface area is 88.5 Å². The Morgan fingerprint density at radius 1 is 1.60 bits per heavy atom. The molecule has 15 heavy (non-hydrogen) atoms. The second-order valence-corrected chi connectivity index (χ2v) is 3.68. The fourth-order valence-electron chi connectivity index (χ4n) is 1.51. The standard InChI is InChI=1S/C11H14N2O2/c1-8-7-9(12-13(8)2)11(14)10-5-3-4-6-15-10/h5,7H,3-4,6H2,1-2H3. The van der Waals surface area contributed by atoms with E-state index in [2.05, 4.69) is 5.10 Å². The summed E-state index contributed by atoms with van der Waals surface area (Å²) < 4.78 is 7.00. The van der Waals surface area contributed by atoms with Crippen molar-refractivity contribution >= 4 is 5.78 Å². The van der Waals surface area contributed by atoms with Gasteiger partial charge in [0.05, 0.1) is 6.61 Å². The lowest BCUT2D eigenvalue weighted by Crippen LogP contribution is -2.12. The largest absolute Gasteiger partial charge is 0.490 e. The fourth-order valence-corrected chi connectivity index (χ4v) is 1.51. The van der Waals surface area contributed by atoms with Crippen LogP contribution in [0.1, 0.15) is 29.0 Å². The van der Waals surface area contributed by atoms with E-state index in [4.69, 9.17) is 4.74 Å². The molecule has 80 valence electrons. The molecule has 0 unspecified atom stereocenters. The van der Waals surface area contributed by atoms with Crippen LogP contribution in [0.15, 0.2) is 17.9 Å². The highest BCUT2D eigenvalue weighted by atomic mass is 16.5. The lowest BCUT2D eigenvalue weighted by Gasteiger charge is -2.12. The summed E-state index contributed by atoms with van der Waals surface area (Å²) in [5, 5.41) is 4.13. The first-order valence-corrected chi connectivity index (χ1v) is 5.07. The number of aryl methyl sites for hydroxylation is 2. The predicted molar refractivity (Wildman–Crippen MR) is 55.5 cm³/mol. The maximum atomic E-state index is 11.9. The third kappa shape index (κ3) is 1.93. The molecule has 1 aromatic rings. The molecule has 0 saturated carbocycles. The summed E-state index contributed by atoms with van der Waals surface area (Å²) in [6.45, 7) is 2.54. The number of carbonyl (C=O) groups is 1. The van der Waals surface area contributed by atoms with E-state index >= 15 is 0 Å². The van der Waals surface area contributed by atoms with Crippen LogP contribution in [-0.2, 0) is 11.8 Å². The molecule has 0 amide bonds. The number of carbonyl (C=O) groups excluding carboxylic acids is 1. The number of hydrogen-bond acceptors (Lipinski definition) is 3. The summed E-state index contributed by atoms with van der Waals surface area (Å²) in [5.74, 6) is 0.331. The molecule has 4 nitrogen and oxygen atoms in total. The van der Waals surface area contributed by atoms with Gasteiger partial charge in [-0.2, -0.15) is 5.10 Å². The van der Waals surface area contributed by atoms with Gasteiger partial charge in [0, 0.05) is 12.7 Å². The molecule has 1 aliphatic heterocycles. The highest BCUT2D eigenvalue weighted by molar-refractivity contribution is 6.06. The van der Waals surface area contributed by atoms with Crippen molar-refractivity contribution in [3.63, 3.8) is 0 Å². The van der Waals surface area contributed by atoms with Gasteiger partial charge in [0.1, 0.15) is 5.69 Å². The average Bonchev–Trinajstić information content (AvgIpc) is 2.59. The monoisotopic (exact) mass is 206 g/mol. The number of aromatic nitrogens is 2. The van der Waals surface area contributed by atoms with Crippen LogP contribution in [0.4, 0.5) is 0 Å². The molecule has 2 rings (SSSR count). The van der Waals surface area contributed by atoms with Gasteiger partial charge < -0.3 is 4.74 Å². The molecule has 0 fully saturated rings. The number of ether oxygens (including phenoxy) is 1. The highest BCUT2D eigenvalue weighted by Gasteiger charge is 2.18. The molecule has 0 bridgehead atoms. The third-order valence-corrected chi connectivity index (χ3v) is 2.51. The van der Waals surface area contributed by atoms with Crippen LogP contribution < -0.4 is 0 Å². The molecule has 0 saturated heterocycles. The van der Waals surface area contributed by atoms with Crippen LogP contribution in [-0.4, -0.2) is 22.2 Å². The molecular weight excluding hydrogens is 192 g/mol. The zero-order valence-corrected chi connectivity index (χ0v) is 8.99. The molecule has 4 heteroatoms. The van der Waals surface area contributed by atoms with E-state index in [-0.39, 0.29) is 5.78 Å². The van der Waals surface area contributed by atoms with Crippen LogP contribution in [0.5, 0.6) is 0 Å². The summed E-state index contributed by atoms with van der Waals surface area (Å²) in [6.07, 6.45) is 3.74. The number of hydrogen-bond donors (Lipinski definition) is 0. The van der Waals surface area contributed by atoms with Crippen molar-refractivity contribution in [3.05, 3.63) is 29.3 Å². The van der Waals surface area contributed by atoms with E-state index < -0.39 is 0 Å². The van der Waals surface area contributed by atoms with Gasteiger partial charge in [-0.25, -0.2) is 0 Å². The molecule has 0 spiro atoms. The van der Waals surface area contributed by atoms with E-state index in [9.17, 15) is 4.79 Å². The highest BCUT2D eigenvalue weighted by Crippen LogP contribution is 2.15. The summed E-state index contributed by atoms with van der Waals surface area (Å²) in [6, 6.07) is 1.78. The van der Waals surface area contributed by atoms with Crippen LogP contribution in [0.25, 0.3) is 0 Å². The number of rotatable bonds is 2. The van der Waals surface area contributed by atoms with E-state index in [0.29, 0.717) is 18.1 Å². The third-order valence-electron chi connectivity index (χ3n) is 2.51. The first kappa shape index (κ1) is 9.96. The summed E-state index contributed by atoms with van der Waals surface area (Å²) in [4.78, 5) is 11.9. The minimum absolute atomic E-state index is 0.113. The van der Waals surface area contributed by atoms with E-state index in [1.807, 2.05) is 20.0 Å². The van der Waals surface area contributed by atoms with Gasteiger partial charge in [0.25, 0.3) is 0 Å². The van der Waals surface area contributed by atoms with E-state index in [1.54, 1.807) is 10.7 Å². The van der Waals surface area contributed by atoms with E-state index in [0.717, 1.165) is 18.5 Å². The first-order chi connectivity index (χ1) is 7.18. The minimum Gasteiger partial charge on any atom is -0.490 e. The Bertz CT molecular complexity index is 399. The maximum absolute atomic E-state index is 11.9. The van der Waals surface area contributed by atoms with Crippen LogP contribution in [0.3, 0.4) is 0 Å². The van der Waals surface area contributed by atoms with Crippen molar-refractivity contribution in [1.82, 2.24) is 9.78 Å². The zero-order chi connectivity index (χ0) is 10.8. The van der Waals surface area contributed by atoms with Gasteiger partial charge in [-0.3, -0.25) is 9.48 Å². The van der Waals surface area contributed by atoms with Gasteiger partial charge >= 0.3 is 0 Å². The molecule has 0 N–H and O–H groups in total. The second kappa shape index (κ2) is 3.88. The van der Waals surface area contributed by atoms with Crippen LogP contribution in [0.2, 0.25) is 0 Å². The molecule has 0 aromatic carbocycles. The van der Waals surface area contributed by atoms with Gasteiger partial charge in [0.15, 0.2) is 5.76 Å². The zero-order valence-electron chi connectivity index (χ0n) is 8.99. The number of ketones is 1. The van der Waals surface area contributed by atoms with Crippen LogP contribution >= 0.6 is 0 Å². The minimum atomic E-state index is -0.113. The molecule has 0 radical (unpaired) electrons. The van der Waals surface area contributed by atoms with Gasteiger partial charge in [-0.05, 0) is 31.9 Å². The van der Waals surface area contributed by atoms with E-state index in [1.165, 1.54) is 0 Å². The quantitative estimate of drug-likeness (QED) is 0.690. The number of Topliss-reactive ketones (excluding diaryl/α,β-unsaturated/α-hetero) is 1. The summed E-state index contributed by atoms with van der Waals surface area (Å²) in [5.41, 5.74) is 1.43.